The van der Waals surface area contributed by atoms with E-state index < -0.39 is 4.92 Å². The van der Waals surface area contributed by atoms with E-state index in [1.165, 1.54) is 24.7 Å². The summed E-state index contributed by atoms with van der Waals surface area (Å²) in [6.45, 7) is 1.09. The first-order chi connectivity index (χ1) is 13.2. The number of nitrogens with zero attached hydrogens (tertiary/aromatic N) is 6. The van der Waals surface area contributed by atoms with E-state index >= 15 is 0 Å². The first-order valence-corrected chi connectivity index (χ1v) is 9.07. The third-order valence-corrected chi connectivity index (χ3v) is 4.40. The van der Waals surface area contributed by atoms with Crippen LogP contribution >= 0.6 is 0 Å². The molecule has 0 unspecified atom stereocenters. The Morgan fingerprint density at radius 1 is 1.22 bits per heavy atom. The van der Waals surface area contributed by atoms with Crippen molar-refractivity contribution < 1.29 is 4.92 Å². The summed E-state index contributed by atoms with van der Waals surface area (Å²) in [5.41, 5.74) is 1.15. The van der Waals surface area contributed by atoms with Crippen LogP contribution in [-0.2, 0) is 0 Å². The number of aromatic nitrogens is 2. The molecular formula is C18H23N7O2. The Balaban J connectivity index is 2.18. The lowest BCUT2D eigenvalue weighted by Gasteiger charge is -2.21. The molecule has 0 radical (unpaired) electrons. The van der Waals surface area contributed by atoms with Crippen molar-refractivity contribution in [2.45, 2.75) is 44.9 Å². The van der Waals surface area contributed by atoms with Crippen LogP contribution in [0.25, 0.3) is 0 Å². The molecule has 0 spiro atoms. The summed E-state index contributed by atoms with van der Waals surface area (Å²) < 4.78 is 0. The quantitative estimate of drug-likeness (QED) is 0.377. The molecule has 0 saturated heterocycles. The summed E-state index contributed by atoms with van der Waals surface area (Å²) in [4.78, 5) is 20.9. The normalized spacial score (nSPS) is 13.2. The van der Waals surface area contributed by atoms with E-state index in [9.17, 15) is 10.1 Å². The van der Waals surface area contributed by atoms with E-state index in [0.717, 1.165) is 19.3 Å². The first-order valence-electron chi connectivity index (χ1n) is 9.07. The van der Waals surface area contributed by atoms with Gasteiger partial charge >= 0.3 is 5.69 Å². The van der Waals surface area contributed by atoms with Crippen molar-refractivity contribution in [3.05, 3.63) is 28.1 Å². The molecule has 0 fully saturated rings. The van der Waals surface area contributed by atoms with Crippen LogP contribution in [0.5, 0.6) is 0 Å². The van der Waals surface area contributed by atoms with E-state index in [1.807, 2.05) is 12.1 Å². The average Bonchev–Trinajstić information content (AvgIpc) is 2.68. The van der Waals surface area contributed by atoms with Crippen molar-refractivity contribution in [3.8, 4) is 12.1 Å². The second-order valence-electron chi connectivity index (χ2n) is 6.24. The molecule has 0 aliphatic heterocycles. The fourth-order valence-corrected chi connectivity index (χ4v) is 3.07. The number of rotatable bonds is 10. The molecule has 1 aliphatic rings. The van der Waals surface area contributed by atoms with Crippen molar-refractivity contribution in [1.29, 1.82) is 10.5 Å². The minimum absolute atomic E-state index is 0.139. The molecule has 0 saturated carbocycles. The van der Waals surface area contributed by atoms with Crippen molar-refractivity contribution in [1.82, 2.24) is 9.97 Å². The lowest BCUT2D eigenvalue weighted by molar-refractivity contribution is -0.383. The summed E-state index contributed by atoms with van der Waals surface area (Å²) in [6, 6.07) is 4.04. The summed E-state index contributed by atoms with van der Waals surface area (Å²) in [6.07, 6.45) is 9.30. The van der Waals surface area contributed by atoms with Gasteiger partial charge in [0.1, 0.15) is 6.33 Å². The Hall–Kier alpha value is -3.20. The Labute approximate surface area is 158 Å². The predicted molar refractivity (Wildman–Crippen MR) is 101 cm³/mol. The Kier molecular flexibility index (Phi) is 7.98. The van der Waals surface area contributed by atoms with Crippen LogP contribution in [-0.4, -0.2) is 34.5 Å². The second-order valence-corrected chi connectivity index (χ2v) is 6.24. The van der Waals surface area contributed by atoms with Crippen molar-refractivity contribution >= 4 is 17.3 Å². The highest BCUT2D eigenvalue weighted by Gasteiger charge is 2.26. The van der Waals surface area contributed by atoms with Gasteiger partial charge in [0.25, 0.3) is 0 Å². The number of nitriles is 2. The van der Waals surface area contributed by atoms with E-state index in [4.69, 9.17) is 10.5 Å². The molecule has 1 aliphatic carbocycles. The fraction of sp³-hybridized carbons (Fsp3) is 0.556. The minimum Gasteiger partial charge on any atom is -0.364 e. The van der Waals surface area contributed by atoms with Crippen LogP contribution in [0, 0.1) is 32.8 Å². The van der Waals surface area contributed by atoms with Gasteiger partial charge in [-0.3, -0.25) is 10.1 Å². The number of nitrogens with one attached hydrogen (secondary N) is 1. The van der Waals surface area contributed by atoms with Gasteiger partial charge in [-0.1, -0.05) is 11.6 Å². The summed E-state index contributed by atoms with van der Waals surface area (Å²) in [5.74, 6) is 0.306. The molecule has 9 nitrogen and oxygen atoms in total. The third-order valence-electron chi connectivity index (χ3n) is 4.40. The lowest BCUT2D eigenvalue weighted by Crippen LogP contribution is -2.27. The number of anilines is 2. The molecule has 0 bridgehead atoms. The fourth-order valence-electron chi connectivity index (χ4n) is 3.07. The van der Waals surface area contributed by atoms with Gasteiger partial charge in [0.05, 0.1) is 29.9 Å². The number of allylic oxidation sites excluding steroid dienone is 1. The van der Waals surface area contributed by atoms with E-state index in [-0.39, 0.29) is 43.3 Å². The molecule has 9 heteroatoms. The van der Waals surface area contributed by atoms with Gasteiger partial charge in [0.2, 0.25) is 11.6 Å². The number of hydrogen-bond acceptors (Lipinski definition) is 8. The minimum atomic E-state index is -0.511. The predicted octanol–water partition coefficient (Wildman–Crippen LogP) is 3.32. The molecule has 2 rings (SSSR count). The zero-order chi connectivity index (χ0) is 19.5. The van der Waals surface area contributed by atoms with Crippen molar-refractivity contribution in [3.63, 3.8) is 0 Å². The van der Waals surface area contributed by atoms with Gasteiger partial charge in [0, 0.05) is 19.6 Å². The Bertz CT molecular complexity index is 746. The van der Waals surface area contributed by atoms with Crippen LogP contribution < -0.4 is 10.2 Å². The second kappa shape index (κ2) is 10.7. The number of hydrogen-bond donors (Lipinski definition) is 1. The molecule has 0 aromatic carbocycles. The van der Waals surface area contributed by atoms with E-state index in [2.05, 4.69) is 21.4 Å². The monoisotopic (exact) mass is 369 g/mol. The zero-order valence-electron chi connectivity index (χ0n) is 15.2. The van der Waals surface area contributed by atoms with Gasteiger partial charge in [-0.25, -0.2) is 9.97 Å². The maximum absolute atomic E-state index is 11.7. The molecule has 27 heavy (non-hydrogen) atoms. The van der Waals surface area contributed by atoms with E-state index in [0.29, 0.717) is 6.54 Å². The maximum Gasteiger partial charge on any atom is 0.353 e. The maximum atomic E-state index is 11.7. The molecular weight excluding hydrogens is 346 g/mol. The molecule has 1 heterocycles. The zero-order valence-corrected chi connectivity index (χ0v) is 15.2. The molecule has 1 N–H and O–H groups in total. The average molecular weight is 369 g/mol. The Morgan fingerprint density at radius 3 is 2.56 bits per heavy atom. The van der Waals surface area contributed by atoms with Crippen LogP contribution in [0.1, 0.15) is 44.9 Å². The molecule has 1 aromatic heterocycles. The van der Waals surface area contributed by atoms with E-state index in [1.54, 1.807) is 4.90 Å². The van der Waals surface area contributed by atoms with Gasteiger partial charge in [-0.05, 0) is 32.1 Å². The highest BCUT2D eigenvalue weighted by molar-refractivity contribution is 5.70. The SMILES string of the molecule is N#CCCN(CCC#N)c1ncnc(NCCC2=CCCCC2)c1[N+](=O)[O-]. The molecule has 0 amide bonds. The van der Waals surface area contributed by atoms with Crippen LogP contribution in [0.15, 0.2) is 18.0 Å². The largest absolute Gasteiger partial charge is 0.364 e. The summed E-state index contributed by atoms with van der Waals surface area (Å²) in [5, 5.41) is 32.4. The third kappa shape index (κ3) is 5.93. The van der Waals surface area contributed by atoms with Crippen molar-refractivity contribution in [2.24, 2.45) is 0 Å². The van der Waals surface area contributed by atoms with Crippen molar-refractivity contribution in [2.75, 3.05) is 29.9 Å². The van der Waals surface area contributed by atoms with Gasteiger partial charge in [-0.2, -0.15) is 10.5 Å². The summed E-state index contributed by atoms with van der Waals surface area (Å²) in [7, 11) is 0. The topological polar surface area (TPSA) is 132 Å². The van der Waals surface area contributed by atoms with Gasteiger partial charge < -0.3 is 10.2 Å². The van der Waals surface area contributed by atoms with Crippen LogP contribution in [0.3, 0.4) is 0 Å². The molecule has 0 atom stereocenters. The van der Waals surface area contributed by atoms with Crippen LogP contribution in [0.2, 0.25) is 0 Å². The standard InChI is InChI=1S/C18H23N7O2/c19-9-4-12-24(13-5-10-20)18-16(25(26)27)17(22-14-23-18)21-11-8-15-6-2-1-3-7-15/h6,14H,1-5,7-8,11-13H2,(H,21,22,23). The van der Waals surface area contributed by atoms with Gasteiger partial charge in [-0.15, -0.1) is 0 Å². The first kappa shape index (κ1) is 20.1. The number of nitro groups is 1. The smallest absolute Gasteiger partial charge is 0.353 e. The lowest BCUT2D eigenvalue weighted by atomic mass is 9.97. The Morgan fingerprint density at radius 2 is 1.96 bits per heavy atom. The van der Waals surface area contributed by atoms with Gasteiger partial charge in [0.15, 0.2) is 0 Å². The van der Waals surface area contributed by atoms with Crippen LogP contribution in [0.4, 0.5) is 17.3 Å². The highest BCUT2D eigenvalue weighted by atomic mass is 16.6. The molecule has 1 aromatic rings. The highest BCUT2D eigenvalue weighted by Crippen LogP contribution is 2.32. The molecule has 142 valence electrons. The summed E-state index contributed by atoms with van der Waals surface area (Å²) >= 11 is 0.